The van der Waals surface area contributed by atoms with Crippen LogP contribution in [0.4, 0.5) is 13.2 Å². The Morgan fingerprint density at radius 1 is 0.795 bits per heavy atom. The van der Waals surface area contributed by atoms with Gasteiger partial charge in [-0.25, -0.2) is 0 Å². The van der Waals surface area contributed by atoms with E-state index >= 15 is 0 Å². The van der Waals surface area contributed by atoms with E-state index in [2.05, 4.69) is 16.0 Å². The molecule has 0 aliphatic carbocycles. The second kappa shape index (κ2) is 13.8. The molecule has 2 rings (SSSR count). The highest BCUT2D eigenvalue weighted by Crippen LogP contribution is 2.24. The van der Waals surface area contributed by atoms with Crippen molar-refractivity contribution >= 4 is 23.5 Å². The van der Waals surface area contributed by atoms with Crippen LogP contribution in [0, 0.1) is 5.92 Å². The highest BCUT2D eigenvalue weighted by Gasteiger charge is 2.45. The maximum absolute atomic E-state index is 13.2. The van der Waals surface area contributed by atoms with Crippen molar-refractivity contribution in [1.82, 2.24) is 16.0 Å². The van der Waals surface area contributed by atoms with Gasteiger partial charge in [0.25, 0.3) is 5.78 Å². The first-order valence-electron chi connectivity index (χ1n) is 12.5. The molecule has 0 fully saturated rings. The van der Waals surface area contributed by atoms with Crippen molar-refractivity contribution in [2.45, 2.75) is 64.3 Å². The van der Waals surface area contributed by atoms with Gasteiger partial charge in [-0.05, 0) is 42.5 Å². The molecule has 0 spiro atoms. The van der Waals surface area contributed by atoms with Crippen LogP contribution in [0.25, 0.3) is 0 Å². The summed E-state index contributed by atoms with van der Waals surface area (Å²) >= 11 is 0. The van der Waals surface area contributed by atoms with Crippen molar-refractivity contribution in [1.29, 1.82) is 0 Å². The van der Waals surface area contributed by atoms with E-state index in [-0.39, 0.29) is 5.56 Å². The molecule has 0 heterocycles. The number of carbonyl (C=O) groups is 4. The first kappa shape index (κ1) is 31.3. The zero-order valence-corrected chi connectivity index (χ0v) is 22.5. The van der Waals surface area contributed by atoms with Crippen molar-refractivity contribution < 1.29 is 37.1 Å². The quantitative estimate of drug-likeness (QED) is 0.373. The molecule has 8 nitrogen and oxygen atoms in total. The molecule has 212 valence electrons. The number of hydrogen-bond donors (Lipinski definition) is 3. The summed E-state index contributed by atoms with van der Waals surface area (Å²) in [5, 5.41) is 7.27. The summed E-state index contributed by atoms with van der Waals surface area (Å²) in [6, 6.07) is 10.6. The SMILES string of the molecule is CCC(C(=O)NC(C)C(=O)NC(C(=O)NC(C(=O)C(F)(F)F)C(C)C)c1ccc(OC)cc1)c1ccccc1. The minimum Gasteiger partial charge on any atom is -0.497 e. The molecule has 0 bridgehead atoms. The second-order valence-corrected chi connectivity index (χ2v) is 9.41. The van der Waals surface area contributed by atoms with Gasteiger partial charge in [-0.15, -0.1) is 0 Å². The third-order valence-corrected chi connectivity index (χ3v) is 6.20. The van der Waals surface area contributed by atoms with Gasteiger partial charge < -0.3 is 20.7 Å². The topological polar surface area (TPSA) is 114 Å². The Labute approximate surface area is 225 Å². The maximum Gasteiger partial charge on any atom is 0.452 e. The van der Waals surface area contributed by atoms with Crippen molar-refractivity contribution in [3.8, 4) is 5.75 Å². The number of rotatable bonds is 12. The van der Waals surface area contributed by atoms with Gasteiger partial charge in [0.15, 0.2) is 0 Å². The standard InChI is InChI=1S/C28H34F3N3O5/c1-6-21(18-10-8-7-9-11-18)26(37)32-17(4)25(36)34-23(19-12-14-20(39-5)15-13-19)27(38)33-22(16(2)3)24(35)28(29,30)31/h7-17,21-23H,6H2,1-5H3,(H,32,37)(H,33,38)(H,34,36). The summed E-state index contributed by atoms with van der Waals surface area (Å²) < 4.78 is 44.5. The second-order valence-electron chi connectivity index (χ2n) is 9.41. The number of benzene rings is 2. The molecule has 0 radical (unpaired) electrons. The fraction of sp³-hybridized carbons (Fsp3) is 0.429. The molecule has 0 aromatic heterocycles. The van der Waals surface area contributed by atoms with Crippen LogP contribution in [0.15, 0.2) is 54.6 Å². The van der Waals surface area contributed by atoms with Gasteiger partial charge in [0, 0.05) is 0 Å². The number of amides is 3. The molecular weight excluding hydrogens is 515 g/mol. The van der Waals surface area contributed by atoms with E-state index in [0.29, 0.717) is 12.2 Å². The lowest BCUT2D eigenvalue weighted by atomic mass is 9.95. The van der Waals surface area contributed by atoms with E-state index in [1.165, 1.54) is 52.1 Å². The van der Waals surface area contributed by atoms with Crippen molar-refractivity contribution in [2.75, 3.05) is 7.11 Å². The number of hydrogen-bond acceptors (Lipinski definition) is 5. The number of nitrogens with one attached hydrogen (secondary N) is 3. The number of Topliss-reactive ketones (excluding diaryl/α,β-unsaturated/α-hetero) is 1. The Balaban J connectivity index is 2.27. The molecule has 39 heavy (non-hydrogen) atoms. The molecule has 0 saturated heterocycles. The van der Waals surface area contributed by atoms with E-state index < -0.39 is 59.6 Å². The smallest absolute Gasteiger partial charge is 0.452 e. The van der Waals surface area contributed by atoms with Crippen LogP contribution in [-0.2, 0) is 19.2 Å². The zero-order valence-electron chi connectivity index (χ0n) is 22.5. The number of methoxy groups -OCH3 is 1. The Bertz CT molecular complexity index is 1140. The summed E-state index contributed by atoms with van der Waals surface area (Å²) in [5.74, 6) is -5.20. The lowest BCUT2D eigenvalue weighted by Gasteiger charge is -2.27. The molecule has 0 saturated carbocycles. The first-order chi connectivity index (χ1) is 18.3. The van der Waals surface area contributed by atoms with Crippen molar-refractivity contribution in [3.63, 3.8) is 0 Å². The lowest BCUT2D eigenvalue weighted by Crippen LogP contribution is -2.54. The number of alkyl halides is 3. The van der Waals surface area contributed by atoms with E-state index in [9.17, 15) is 32.3 Å². The van der Waals surface area contributed by atoms with Crippen molar-refractivity contribution in [3.05, 3.63) is 65.7 Å². The molecule has 4 unspecified atom stereocenters. The molecule has 11 heteroatoms. The summed E-state index contributed by atoms with van der Waals surface area (Å²) in [5.41, 5.74) is 1.01. The zero-order chi connectivity index (χ0) is 29.3. The highest BCUT2D eigenvalue weighted by molar-refractivity contribution is 5.97. The van der Waals surface area contributed by atoms with Crippen LogP contribution in [0.1, 0.15) is 57.2 Å². The summed E-state index contributed by atoms with van der Waals surface area (Å²) in [7, 11) is 1.43. The van der Waals surface area contributed by atoms with E-state index in [0.717, 1.165) is 5.56 Å². The van der Waals surface area contributed by atoms with Gasteiger partial charge >= 0.3 is 6.18 Å². The number of ether oxygens (including phenoxy) is 1. The van der Waals surface area contributed by atoms with Crippen LogP contribution in [0.3, 0.4) is 0 Å². The highest BCUT2D eigenvalue weighted by atomic mass is 19.4. The summed E-state index contributed by atoms with van der Waals surface area (Å²) in [6.45, 7) is 5.99. The van der Waals surface area contributed by atoms with Gasteiger partial charge in [-0.3, -0.25) is 19.2 Å². The fourth-order valence-corrected chi connectivity index (χ4v) is 3.95. The van der Waals surface area contributed by atoms with Gasteiger partial charge in [0.2, 0.25) is 17.7 Å². The number of carbonyl (C=O) groups excluding carboxylic acids is 4. The van der Waals surface area contributed by atoms with Gasteiger partial charge in [0.1, 0.15) is 17.8 Å². The third kappa shape index (κ3) is 8.56. The van der Waals surface area contributed by atoms with Crippen molar-refractivity contribution in [2.24, 2.45) is 5.92 Å². The molecule has 3 N–H and O–H groups in total. The van der Waals surface area contributed by atoms with Crippen LogP contribution in [0.5, 0.6) is 5.75 Å². The summed E-state index contributed by atoms with van der Waals surface area (Å²) in [4.78, 5) is 51.1. The van der Waals surface area contributed by atoms with Crippen LogP contribution >= 0.6 is 0 Å². The van der Waals surface area contributed by atoms with Crippen LogP contribution in [-0.4, -0.2) is 48.9 Å². The van der Waals surface area contributed by atoms with Gasteiger partial charge in [-0.2, -0.15) is 13.2 Å². The van der Waals surface area contributed by atoms with E-state index in [1.807, 2.05) is 13.0 Å². The molecule has 4 atom stereocenters. The summed E-state index contributed by atoms with van der Waals surface area (Å²) in [6.07, 6.45) is -4.68. The first-order valence-corrected chi connectivity index (χ1v) is 12.5. The Morgan fingerprint density at radius 3 is 1.87 bits per heavy atom. The number of ketones is 1. The number of halogens is 3. The normalized spacial score (nSPS) is 14.5. The minimum absolute atomic E-state index is 0.234. The Kier molecular flexibility index (Phi) is 11.1. The molecular formula is C28H34F3N3O5. The third-order valence-electron chi connectivity index (χ3n) is 6.20. The van der Waals surface area contributed by atoms with E-state index in [4.69, 9.17) is 4.74 Å². The predicted octanol–water partition coefficient (Wildman–Crippen LogP) is 3.82. The lowest BCUT2D eigenvalue weighted by molar-refractivity contribution is -0.175. The maximum atomic E-state index is 13.2. The van der Waals surface area contributed by atoms with Crippen LogP contribution < -0.4 is 20.7 Å². The molecule has 2 aromatic carbocycles. The monoisotopic (exact) mass is 549 g/mol. The largest absolute Gasteiger partial charge is 0.497 e. The van der Waals surface area contributed by atoms with Gasteiger partial charge in [0.05, 0.1) is 19.1 Å². The Hall–Kier alpha value is -3.89. The fourth-order valence-electron chi connectivity index (χ4n) is 3.95. The minimum atomic E-state index is -5.16. The molecule has 2 aromatic rings. The van der Waals surface area contributed by atoms with Crippen LogP contribution in [0.2, 0.25) is 0 Å². The van der Waals surface area contributed by atoms with E-state index in [1.54, 1.807) is 24.3 Å². The molecule has 3 amide bonds. The average Bonchev–Trinajstić information content (AvgIpc) is 2.90. The molecule has 0 aliphatic rings. The average molecular weight is 550 g/mol. The predicted molar refractivity (Wildman–Crippen MR) is 139 cm³/mol. The Morgan fingerprint density at radius 2 is 1.38 bits per heavy atom. The molecule has 0 aliphatic heterocycles. The van der Waals surface area contributed by atoms with Gasteiger partial charge in [-0.1, -0.05) is 63.2 Å².